The molecule has 1 aromatic heterocycles. The summed E-state index contributed by atoms with van der Waals surface area (Å²) in [5.41, 5.74) is 0.518. The fourth-order valence-corrected chi connectivity index (χ4v) is 2.64. The molecule has 0 N–H and O–H groups in total. The topological polar surface area (TPSA) is 49.1 Å². The highest BCUT2D eigenvalue weighted by molar-refractivity contribution is 5.36. The Morgan fingerprint density at radius 1 is 1.45 bits per heavy atom. The van der Waals surface area contributed by atoms with Gasteiger partial charge in [0, 0.05) is 12.7 Å². The van der Waals surface area contributed by atoms with Crippen molar-refractivity contribution in [3.8, 4) is 11.9 Å². The molecule has 1 aliphatic heterocycles. The van der Waals surface area contributed by atoms with Gasteiger partial charge in [-0.1, -0.05) is 13.8 Å². The zero-order chi connectivity index (χ0) is 14.4. The molecule has 4 nitrogen and oxygen atoms in total. The van der Waals surface area contributed by atoms with Gasteiger partial charge in [0.2, 0.25) is 5.88 Å². The van der Waals surface area contributed by atoms with Gasteiger partial charge in [-0.15, -0.1) is 0 Å². The van der Waals surface area contributed by atoms with Crippen LogP contribution in [0.15, 0.2) is 18.3 Å². The second-order valence-electron chi connectivity index (χ2n) is 5.92. The molecule has 1 fully saturated rings. The van der Waals surface area contributed by atoms with Crippen molar-refractivity contribution in [2.24, 2.45) is 11.8 Å². The van der Waals surface area contributed by atoms with Gasteiger partial charge in [0.1, 0.15) is 11.6 Å². The average molecular weight is 273 g/mol. The minimum atomic E-state index is 0.472. The van der Waals surface area contributed by atoms with Crippen LogP contribution in [0, 0.1) is 23.2 Å². The lowest BCUT2D eigenvalue weighted by atomic mass is 9.97. The van der Waals surface area contributed by atoms with Crippen molar-refractivity contribution in [1.29, 1.82) is 5.26 Å². The maximum Gasteiger partial charge on any atom is 0.231 e. The third-order valence-corrected chi connectivity index (χ3v) is 3.68. The second-order valence-corrected chi connectivity index (χ2v) is 5.92. The molecule has 0 aromatic carbocycles. The van der Waals surface area contributed by atoms with Crippen molar-refractivity contribution < 1.29 is 4.74 Å². The Balaban J connectivity index is 1.78. The first-order chi connectivity index (χ1) is 9.69. The number of likely N-dealkylation sites (tertiary alicyclic amines) is 1. The van der Waals surface area contributed by atoms with Crippen molar-refractivity contribution in [2.45, 2.75) is 26.7 Å². The molecule has 0 aliphatic carbocycles. The Bertz CT molecular complexity index is 459. The molecule has 0 amide bonds. The van der Waals surface area contributed by atoms with E-state index in [1.165, 1.54) is 19.4 Å². The van der Waals surface area contributed by atoms with E-state index in [0.29, 0.717) is 24.0 Å². The first-order valence-electron chi connectivity index (χ1n) is 7.39. The SMILES string of the molecule is CC(C)CN1CCC(COc2ncccc2C#N)CC1. The second kappa shape index (κ2) is 7.25. The van der Waals surface area contributed by atoms with Crippen LogP contribution in [0.5, 0.6) is 5.88 Å². The molecule has 0 spiro atoms. The van der Waals surface area contributed by atoms with Crippen LogP contribution in [0.3, 0.4) is 0 Å². The number of piperidine rings is 1. The van der Waals surface area contributed by atoms with Crippen LogP contribution < -0.4 is 4.74 Å². The molecule has 1 aromatic rings. The van der Waals surface area contributed by atoms with Gasteiger partial charge < -0.3 is 9.64 Å². The summed E-state index contributed by atoms with van der Waals surface area (Å²) >= 11 is 0. The Morgan fingerprint density at radius 3 is 2.85 bits per heavy atom. The van der Waals surface area contributed by atoms with Gasteiger partial charge in [-0.05, 0) is 49.9 Å². The highest BCUT2D eigenvalue weighted by Crippen LogP contribution is 2.20. The first-order valence-corrected chi connectivity index (χ1v) is 7.39. The molecule has 1 aliphatic rings. The van der Waals surface area contributed by atoms with Gasteiger partial charge >= 0.3 is 0 Å². The fraction of sp³-hybridized carbons (Fsp3) is 0.625. The number of nitriles is 1. The number of hydrogen-bond donors (Lipinski definition) is 0. The Morgan fingerprint density at radius 2 is 2.20 bits per heavy atom. The minimum Gasteiger partial charge on any atom is -0.476 e. The molecule has 108 valence electrons. The minimum absolute atomic E-state index is 0.472. The first kappa shape index (κ1) is 14.8. The van der Waals surface area contributed by atoms with E-state index in [1.807, 2.05) is 0 Å². The highest BCUT2D eigenvalue weighted by atomic mass is 16.5. The van der Waals surface area contributed by atoms with E-state index in [-0.39, 0.29) is 0 Å². The monoisotopic (exact) mass is 273 g/mol. The summed E-state index contributed by atoms with van der Waals surface area (Å²) in [6, 6.07) is 5.62. The third-order valence-electron chi connectivity index (χ3n) is 3.68. The molecular weight excluding hydrogens is 250 g/mol. The molecule has 2 heterocycles. The fourth-order valence-electron chi connectivity index (χ4n) is 2.64. The van der Waals surface area contributed by atoms with E-state index in [1.54, 1.807) is 18.3 Å². The Hall–Kier alpha value is -1.60. The lowest BCUT2D eigenvalue weighted by molar-refractivity contribution is 0.130. The van der Waals surface area contributed by atoms with Crippen molar-refractivity contribution in [3.05, 3.63) is 23.9 Å². The number of nitrogens with zero attached hydrogens (tertiary/aromatic N) is 3. The number of aromatic nitrogens is 1. The van der Waals surface area contributed by atoms with Crippen molar-refractivity contribution in [1.82, 2.24) is 9.88 Å². The third kappa shape index (κ3) is 4.21. The predicted octanol–water partition coefficient (Wildman–Crippen LogP) is 2.70. The van der Waals surface area contributed by atoms with Crippen molar-refractivity contribution >= 4 is 0 Å². The smallest absolute Gasteiger partial charge is 0.231 e. The van der Waals surface area contributed by atoms with Gasteiger partial charge in [0.25, 0.3) is 0 Å². The maximum atomic E-state index is 9.00. The molecule has 0 saturated carbocycles. The summed E-state index contributed by atoms with van der Waals surface area (Å²) in [5.74, 6) is 1.78. The van der Waals surface area contributed by atoms with Gasteiger partial charge in [-0.25, -0.2) is 4.98 Å². The maximum absolute atomic E-state index is 9.00. The summed E-state index contributed by atoms with van der Waals surface area (Å²) < 4.78 is 5.73. The van der Waals surface area contributed by atoms with E-state index < -0.39 is 0 Å². The highest BCUT2D eigenvalue weighted by Gasteiger charge is 2.20. The summed E-state index contributed by atoms with van der Waals surface area (Å²) in [4.78, 5) is 6.66. The molecule has 0 bridgehead atoms. The number of rotatable bonds is 5. The summed E-state index contributed by atoms with van der Waals surface area (Å²) in [7, 11) is 0. The number of hydrogen-bond acceptors (Lipinski definition) is 4. The quantitative estimate of drug-likeness (QED) is 0.827. The van der Waals surface area contributed by atoms with Crippen molar-refractivity contribution in [3.63, 3.8) is 0 Å². The van der Waals surface area contributed by atoms with Crippen LogP contribution in [0.25, 0.3) is 0 Å². The Kier molecular flexibility index (Phi) is 5.37. The van der Waals surface area contributed by atoms with E-state index in [9.17, 15) is 0 Å². The van der Waals surface area contributed by atoms with Crippen LogP contribution in [0.1, 0.15) is 32.3 Å². The summed E-state index contributed by atoms with van der Waals surface area (Å²) in [6.45, 7) is 8.69. The molecule has 0 atom stereocenters. The molecule has 0 radical (unpaired) electrons. The van der Waals surface area contributed by atoms with Crippen LogP contribution >= 0.6 is 0 Å². The lowest BCUT2D eigenvalue weighted by Gasteiger charge is -2.32. The average Bonchev–Trinajstić information content (AvgIpc) is 2.46. The zero-order valence-electron chi connectivity index (χ0n) is 12.4. The standard InChI is InChI=1S/C16H23N3O/c1-13(2)11-19-8-5-14(6-9-19)12-20-16-15(10-17)4-3-7-18-16/h3-4,7,13-14H,5-6,8-9,11-12H2,1-2H3. The molecule has 20 heavy (non-hydrogen) atoms. The molecule has 2 rings (SSSR count). The van der Waals surface area contributed by atoms with E-state index in [0.717, 1.165) is 19.0 Å². The number of pyridine rings is 1. The van der Waals surface area contributed by atoms with E-state index >= 15 is 0 Å². The van der Waals surface area contributed by atoms with Crippen molar-refractivity contribution in [2.75, 3.05) is 26.2 Å². The van der Waals surface area contributed by atoms with Gasteiger partial charge in [0.05, 0.1) is 6.61 Å². The van der Waals surface area contributed by atoms with E-state index in [2.05, 4.69) is 29.8 Å². The Labute approximate surface area is 121 Å². The molecule has 1 saturated heterocycles. The molecule has 4 heteroatoms. The van der Waals surface area contributed by atoms with Crippen LogP contribution in [0.2, 0.25) is 0 Å². The predicted molar refractivity (Wildman–Crippen MR) is 78.4 cm³/mol. The van der Waals surface area contributed by atoms with Gasteiger partial charge in [-0.2, -0.15) is 5.26 Å². The van der Waals surface area contributed by atoms with E-state index in [4.69, 9.17) is 10.00 Å². The van der Waals surface area contributed by atoms with Crippen LogP contribution in [-0.4, -0.2) is 36.1 Å². The largest absolute Gasteiger partial charge is 0.476 e. The van der Waals surface area contributed by atoms with Crippen LogP contribution in [0.4, 0.5) is 0 Å². The normalized spacial score (nSPS) is 17.1. The number of ether oxygens (including phenoxy) is 1. The molecule has 0 unspecified atom stereocenters. The summed E-state index contributed by atoms with van der Waals surface area (Å²) in [5, 5.41) is 9.00. The van der Waals surface area contributed by atoms with Gasteiger partial charge in [0.15, 0.2) is 0 Å². The zero-order valence-corrected chi connectivity index (χ0v) is 12.4. The van der Waals surface area contributed by atoms with Gasteiger partial charge in [-0.3, -0.25) is 0 Å². The summed E-state index contributed by atoms with van der Waals surface area (Å²) in [6.07, 6.45) is 4.00. The molecular formula is C16H23N3O. The lowest BCUT2D eigenvalue weighted by Crippen LogP contribution is -2.37. The van der Waals surface area contributed by atoms with Crippen LogP contribution in [-0.2, 0) is 0 Å².